The molecule has 0 radical (unpaired) electrons. The van der Waals surface area contributed by atoms with Crippen LogP contribution in [0.4, 0.5) is 13.6 Å². The minimum Gasteiger partial charge on any atom is -0.465 e. The summed E-state index contributed by atoms with van der Waals surface area (Å²) in [4.78, 5) is 26.6. The summed E-state index contributed by atoms with van der Waals surface area (Å²) in [6.45, 7) is 0.132. The first-order valence-electron chi connectivity index (χ1n) is 9.23. The molecule has 1 heterocycles. The highest BCUT2D eigenvalue weighted by atomic mass is 19.3. The molecule has 1 aliphatic rings. The first kappa shape index (κ1) is 20.6. The Kier molecular flexibility index (Phi) is 6.00. The average Bonchev–Trinajstić information content (AvgIpc) is 3.16. The van der Waals surface area contributed by atoms with Crippen molar-refractivity contribution in [2.75, 3.05) is 19.6 Å². The number of carbonyl (C=O) groups is 2. The zero-order chi connectivity index (χ0) is 21.0. The largest absolute Gasteiger partial charge is 0.465 e. The molecule has 0 unspecified atom stereocenters. The van der Waals surface area contributed by atoms with Crippen molar-refractivity contribution in [3.8, 4) is 11.5 Å². The lowest BCUT2D eigenvalue weighted by Crippen LogP contribution is -2.47. The third kappa shape index (κ3) is 5.22. The number of rotatable bonds is 6. The van der Waals surface area contributed by atoms with Crippen LogP contribution in [0, 0.1) is 0 Å². The molecule has 0 saturated carbocycles. The van der Waals surface area contributed by atoms with Crippen molar-refractivity contribution < 1.29 is 28.2 Å². The monoisotopic (exact) mass is 404 g/mol. The average molecular weight is 404 g/mol. The molecule has 29 heavy (non-hydrogen) atoms. The van der Waals surface area contributed by atoms with Crippen LogP contribution in [0.5, 0.6) is 11.5 Å². The summed E-state index contributed by atoms with van der Waals surface area (Å²) < 4.78 is 33.5. The summed E-state index contributed by atoms with van der Waals surface area (Å²) >= 11 is 0. The molecule has 1 N–H and O–H groups in total. The number of amides is 2. The minimum absolute atomic E-state index is 0.00113. The zero-order valence-corrected chi connectivity index (χ0v) is 15.9. The predicted octanol–water partition coefficient (Wildman–Crippen LogP) is 4.33. The van der Waals surface area contributed by atoms with Crippen LogP contribution in [-0.4, -0.2) is 58.5 Å². The summed E-state index contributed by atoms with van der Waals surface area (Å²) in [7, 11) is 0. The molecule has 2 amide bonds. The van der Waals surface area contributed by atoms with Gasteiger partial charge in [-0.15, -0.1) is 0 Å². The number of hydrogen-bond acceptors (Lipinski definition) is 3. The van der Waals surface area contributed by atoms with E-state index in [1.54, 1.807) is 42.5 Å². The molecule has 0 bridgehead atoms. The van der Waals surface area contributed by atoms with Crippen LogP contribution in [0.3, 0.4) is 0 Å². The molecule has 0 spiro atoms. The summed E-state index contributed by atoms with van der Waals surface area (Å²) in [5.74, 6) is -2.98. The van der Waals surface area contributed by atoms with Gasteiger partial charge in [-0.25, -0.2) is 13.6 Å². The third-order valence-electron chi connectivity index (χ3n) is 4.67. The number of halogens is 2. The summed E-state index contributed by atoms with van der Waals surface area (Å²) in [5.41, 5.74) is 0.148. The molecule has 0 aromatic heterocycles. The normalized spacial score (nSPS) is 16.5. The minimum atomic E-state index is -3.12. The second kappa shape index (κ2) is 8.46. The fourth-order valence-corrected chi connectivity index (χ4v) is 3.34. The van der Waals surface area contributed by atoms with Gasteiger partial charge in [0.25, 0.3) is 11.8 Å². The molecule has 0 aliphatic carbocycles. The lowest BCUT2D eigenvalue weighted by atomic mass is 10.1. The number of carbonyl (C=O) groups excluding carboxylic acids is 1. The topological polar surface area (TPSA) is 70.1 Å². The van der Waals surface area contributed by atoms with E-state index in [0.717, 1.165) is 16.7 Å². The second-order valence-corrected chi connectivity index (χ2v) is 7.09. The van der Waals surface area contributed by atoms with Crippen LogP contribution in [-0.2, 0) is 0 Å². The van der Waals surface area contributed by atoms with E-state index in [4.69, 9.17) is 9.84 Å². The summed E-state index contributed by atoms with van der Waals surface area (Å²) in [5, 5.41) is 9.16. The Labute approximate surface area is 167 Å². The quantitative estimate of drug-likeness (QED) is 0.778. The highest BCUT2D eigenvalue weighted by Gasteiger charge is 2.38. The van der Waals surface area contributed by atoms with E-state index in [2.05, 4.69) is 0 Å². The maximum Gasteiger partial charge on any atom is 0.407 e. The Hall–Kier alpha value is -3.16. The summed E-state index contributed by atoms with van der Waals surface area (Å²) in [6, 6.07) is 14.6. The van der Waals surface area contributed by atoms with E-state index in [0.29, 0.717) is 12.2 Å². The van der Waals surface area contributed by atoms with Gasteiger partial charge in [0.1, 0.15) is 11.5 Å². The molecule has 1 fully saturated rings. The van der Waals surface area contributed by atoms with Crippen LogP contribution in [0.2, 0.25) is 0 Å². The number of alkyl halides is 2. The standard InChI is InChI=1S/C21H22F2N2O4/c1-21(22,23)14-25(15-11-12-24(13-15)20(27)28)19(26)17-9-5-6-10-18(17)29-16-7-3-2-4-8-16/h2-10,15H,11-14H2,1H3,(H,27,28)/t15-/m0/s1. The van der Waals surface area contributed by atoms with Gasteiger partial charge in [-0.2, -0.15) is 0 Å². The number of hydrogen-bond donors (Lipinski definition) is 1. The van der Waals surface area contributed by atoms with Gasteiger partial charge in [-0.1, -0.05) is 30.3 Å². The molecule has 1 aliphatic heterocycles. The fourth-order valence-electron chi connectivity index (χ4n) is 3.34. The molecule has 3 rings (SSSR count). The maximum absolute atomic E-state index is 13.8. The third-order valence-corrected chi connectivity index (χ3v) is 4.67. The van der Waals surface area contributed by atoms with Crippen molar-refractivity contribution in [1.82, 2.24) is 9.80 Å². The van der Waals surface area contributed by atoms with Crippen LogP contribution >= 0.6 is 0 Å². The Bertz CT molecular complexity index is 870. The van der Waals surface area contributed by atoms with Gasteiger partial charge in [0, 0.05) is 20.0 Å². The Morgan fingerprint density at radius 3 is 2.45 bits per heavy atom. The van der Waals surface area contributed by atoms with Gasteiger partial charge in [0.15, 0.2) is 0 Å². The van der Waals surface area contributed by atoms with Gasteiger partial charge < -0.3 is 19.6 Å². The van der Waals surface area contributed by atoms with Crippen molar-refractivity contribution in [3.63, 3.8) is 0 Å². The molecule has 8 heteroatoms. The summed E-state index contributed by atoms with van der Waals surface area (Å²) in [6.07, 6.45) is -0.827. The van der Waals surface area contributed by atoms with E-state index < -0.39 is 30.5 Å². The number of likely N-dealkylation sites (tertiary alicyclic amines) is 1. The molecule has 2 aromatic rings. The van der Waals surface area contributed by atoms with Gasteiger partial charge in [0.2, 0.25) is 0 Å². The molecule has 1 saturated heterocycles. The van der Waals surface area contributed by atoms with Crippen molar-refractivity contribution in [3.05, 3.63) is 60.2 Å². The molecular weight excluding hydrogens is 382 g/mol. The number of benzene rings is 2. The molecular formula is C21H22F2N2O4. The number of ether oxygens (including phenoxy) is 1. The van der Waals surface area contributed by atoms with Gasteiger partial charge >= 0.3 is 6.09 Å². The van der Waals surface area contributed by atoms with Crippen molar-refractivity contribution in [2.45, 2.75) is 25.3 Å². The Morgan fingerprint density at radius 2 is 1.83 bits per heavy atom. The molecule has 154 valence electrons. The van der Waals surface area contributed by atoms with E-state index >= 15 is 0 Å². The van der Waals surface area contributed by atoms with E-state index in [-0.39, 0.29) is 24.4 Å². The predicted molar refractivity (Wildman–Crippen MR) is 103 cm³/mol. The van der Waals surface area contributed by atoms with Crippen molar-refractivity contribution >= 4 is 12.0 Å². The zero-order valence-electron chi connectivity index (χ0n) is 15.9. The second-order valence-electron chi connectivity index (χ2n) is 7.09. The number of para-hydroxylation sites is 2. The van der Waals surface area contributed by atoms with Crippen LogP contribution in [0.25, 0.3) is 0 Å². The number of nitrogens with zero attached hydrogens (tertiary/aromatic N) is 2. The van der Waals surface area contributed by atoms with Gasteiger partial charge in [-0.05, 0) is 30.7 Å². The Morgan fingerprint density at radius 1 is 1.17 bits per heavy atom. The Balaban J connectivity index is 1.89. The first-order valence-corrected chi connectivity index (χ1v) is 9.23. The lowest BCUT2D eigenvalue weighted by Gasteiger charge is -2.31. The van der Waals surface area contributed by atoms with Crippen molar-refractivity contribution in [1.29, 1.82) is 0 Å². The van der Waals surface area contributed by atoms with E-state index in [1.807, 2.05) is 6.07 Å². The van der Waals surface area contributed by atoms with Crippen molar-refractivity contribution in [2.24, 2.45) is 0 Å². The van der Waals surface area contributed by atoms with E-state index in [9.17, 15) is 18.4 Å². The molecule has 6 nitrogen and oxygen atoms in total. The first-order chi connectivity index (χ1) is 13.7. The SMILES string of the molecule is CC(F)(F)CN(C(=O)c1ccccc1Oc1ccccc1)[C@H]1CCN(C(=O)O)C1. The van der Waals surface area contributed by atoms with Gasteiger partial charge in [-0.3, -0.25) is 4.79 Å². The van der Waals surface area contributed by atoms with Crippen LogP contribution < -0.4 is 4.74 Å². The maximum atomic E-state index is 13.8. The fraction of sp³-hybridized carbons (Fsp3) is 0.333. The van der Waals surface area contributed by atoms with Crippen LogP contribution in [0.1, 0.15) is 23.7 Å². The highest BCUT2D eigenvalue weighted by Crippen LogP contribution is 2.29. The van der Waals surface area contributed by atoms with Crippen LogP contribution in [0.15, 0.2) is 54.6 Å². The molecule has 2 aromatic carbocycles. The lowest BCUT2D eigenvalue weighted by molar-refractivity contribution is -0.0194. The number of carboxylic acid groups (broad SMARTS) is 1. The smallest absolute Gasteiger partial charge is 0.407 e. The van der Waals surface area contributed by atoms with E-state index in [1.165, 1.54) is 6.07 Å². The highest BCUT2D eigenvalue weighted by molar-refractivity contribution is 5.97. The van der Waals surface area contributed by atoms with Gasteiger partial charge in [0.05, 0.1) is 18.2 Å². The molecule has 1 atom stereocenters.